The molecule has 0 aromatic heterocycles. The molecule has 2 N–H and O–H groups in total. The number of quaternary nitrogens is 1. The molecule has 0 aliphatic rings. The van der Waals surface area contributed by atoms with Crippen LogP contribution in [0.5, 0.6) is 0 Å². The molecule has 0 fully saturated rings. The van der Waals surface area contributed by atoms with Crippen molar-refractivity contribution in [2.24, 2.45) is 0 Å². The average molecular weight is 412 g/mol. The first kappa shape index (κ1) is 16.1. The first-order valence-electron chi connectivity index (χ1n) is 6.15. The number of nitrogens with zero attached hydrogens (tertiary/aromatic N) is 1. The molecular formula is C15H12Br2N2O2. The lowest BCUT2D eigenvalue weighted by Gasteiger charge is -2.20. The number of nitrogens with one attached hydrogen (secondary N) is 1. The number of nitriles is 1. The molecule has 0 saturated heterocycles. The number of rotatable bonds is 4. The first-order valence-corrected chi connectivity index (χ1v) is 7.98. The van der Waals surface area contributed by atoms with Crippen LogP contribution in [0.2, 0.25) is 0 Å². The molecule has 0 spiro atoms. The van der Waals surface area contributed by atoms with E-state index in [0.29, 0.717) is 5.56 Å². The third kappa shape index (κ3) is 3.70. The van der Waals surface area contributed by atoms with Gasteiger partial charge in [-0.2, -0.15) is 10.5 Å². The molecule has 0 bridgehead atoms. The summed E-state index contributed by atoms with van der Waals surface area (Å²) in [6, 6.07) is 16.5. The van der Waals surface area contributed by atoms with E-state index in [4.69, 9.17) is 5.21 Å². The van der Waals surface area contributed by atoms with Crippen molar-refractivity contribution in [3.63, 3.8) is 0 Å². The maximum atomic E-state index is 11.0. The van der Waals surface area contributed by atoms with Gasteiger partial charge in [0.15, 0.2) is 5.69 Å². The fraction of sp³-hybridized carbons (Fsp3) is 0.133. The first-order chi connectivity index (χ1) is 10.0. The minimum Gasteiger partial charge on any atom is -0.595 e. The largest absolute Gasteiger partial charge is 0.595 e. The van der Waals surface area contributed by atoms with Crippen molar-refractivity contribution in [1.82, 2.24) is 0 Å². The van der Waals surface area contributed by atoms with E-state index in [1.165, 1.54) is 12.1 Å². The quantitative estimate of drug-likeness (QED) is 0.597. The molecule has 108 valence electrons. The van der Waals surface area contributed by atoms with Gasteiger partial charge in [-0.05, 0) is 11.1 Å². The van der Waals surface area contributed by atoms with Crippen LogP contribution in [-0.2, 0) is 0 Å². The molecule has 2 aromatic carbocycles. The maximum Gasteiger partial charge on any atom is 0.165 e. The lowest BCUT2D eigenvalue weighted by atomic mass is 9.99. The molecule has 3 atom stereocenters. The highest BCUT2D eigenvalue weighted by atomic mass is 79.9. The maximum absolute atomic E-state index is 11.0. The van der Waals surface area contributed by atoms with Gasteiger partial charge < -0.3 is 5.21 Å². The van der Waals surface area contributed by atoms with E-state index in [9.17, 15) is 10.5 Å². The molecular weight excluding hydrogens is 400 g/mol. The van der Waals surface area contributed by atoms with Gasteiger partial charge in [0.2, 0.25) is 0 Å². The van der Waals surface area contributed by atoms with Crippen LogP contribution in [0.3, 0.4) is 0 Å². The van der Waals surface area contributed by atoms with Gasteiger partial charge in [-0.25, -0.2) is 5.21 Å². The molecule has 0 aliphatic heterocycles. The van der Waals surface area contributed by atoms with Gasteiger partial charge in [-0.1, -0.05) is 68.3 Å². The van der Waals surface area contributed by atoms with Crippen molar-refractivity contribution in [2.75, 3.05) is 0 Å². The van der Waals surface area contributed by atoms with E-state index in [-0.39, 0.29) is 15.3 Å². The highest BCUT2D eigenvalue weighted by molar-refractivity contribution is 9.12. The second-order valence-corrected chi connectivity index (χ2v) is 6.41. The minimum atomic E-state index is -1.04. The number of alkyl halides is 2. The fourth-order valence-electron chi connectivity index (χ4n) is 1.99. The Labute approximate surface area is 139 Å². The Hall–Kier alpha value is -1.23. The third-order valence-corrected chi connectivity index (χ3v) is 5.88. The predicted molar refractivity (Wildman–Crippen MR) is 86.7 cm³/mol. The Kier molecular flexibility index (Phi) is 5.51. The second kappa shape index (κ2) is 7.16. The zero-order valence-corrected chi connectivity index (χ0v) is 14.0. The normalized spacial score (nSPS) is 15.0. The Morgan fingerprint density at radius 1 is 1.10 bits per heavy atom. The zero-order valence-electron chi connectivity index (χ0n) is 10.8. The van der Waals surface area contributed by atoms with E-state index < -0.39 is 5.23 Å². The molecule has 4 nitrogen and oxygen atoms in total. The van der Waals surface area contributed by atoms with Gasteiger partial charge in [-0.15, -0.1) is 0 Å². The molecule has 0 amide bonds. The summed E-state index contributed by atoms with van der Waals surface area (Å²) in [5.74, 6) is 0. The highest BCUT2D eigenvalue weighted by Gasteiger charge is 2.23. The summed E-state index contributed by atoms with van der Waals surface area (Å²) in [6.45, 7) is 0. The van der Waals surface area contributed by atoms with Crippen molar-refractivity contribution in [3.8, 4) is 6.07 Å². The lowest BCUT2D eigenvalue weighted by molar-refractivity contribution is -0.991. The van der Waals surface area contributed by atoms with Crippen LogP contribution in [-0.4, -0.2) is 5.21 Å². The van der Waals surface area contributed by atoms with Gasteiger partial charge in [0, 0.05) is 12.1 Å². The van der Waals surface area contributed by atoms with Crippen molar-refractivity contribution in [2.45, 2.75) is 9.65 Å². The van der Waals surface area contributed by atoms with Gasteiger partial charge in [0.25, 0.3) is 0 Å². The van der Waals surface area contributed by atoms with E-state index >= 15 is 0 Å². The number of halogens is 2. The SMILES string of the molecule is N#Cc1cc([NH+]([O-])O)ccc1[C@@H](Br)[C@@H](Br)c1ccccc1. The van der Waals surface area contributed by atoms with Crippen molar-refractivity contribution in [1.29, 1.82) is 5.26 Å². The monoisotopic (exact) mass is 410 g/mol. The number of hydrogen-bond donors (Lipinski definition) is 2. The smallest absolute Gasteiger partial charge is 0.165 e. The Morgan fingerprint density at radius 2 is 1.76 bits per heavy atom. The summed E-state index contributed by atoms with van der Waals surface area (Å²) in [7, 11) is 0. The molecule has 0 radical (unpaired) electrons. The summed E-state index contributed by atoms with van der Waals surface area (Å²) in [5.41, 5.74) is 2.30. The lowest BCUT2D eigenvalue weighted by Crippen LogP contribution is -2.99. The standard InChI is InChI=1S/C15H12Br2N2O2/c16-14(10-4-2-1-3-5-10)15(17)13-7-6-12(19(20)21)8-11(13)9-18/h1-8,14-15,19-20H/t14-,15+/m0/s1. The zero-order chi connectivity index (χ0) is 15.4. The van der Waals surface area contributed by atoms with E-state index in [1.54, 1.807) is 6.07 Å². The Bertz CT molecular complexity index is 656. The molecule has 0 aliphatic carbocycles. The summed E-state index contributed by atoms with van der Waals surface area (Å²) in [4.78, 5) is -0.168. The van der Waals surface area contributed by atoms with E-state index in [0.717, 1.165) is 11.1 Å². The van der Waals surface area contributed by atoms with Crippen LogP contribution in [0, 0.1) is 16.5 Å². The average Bonchev–Trinajstić information content (AvgIpc) is 2.53. The third-order valence-electron chi connectivity index (χ3n) is 3.09. The summed E-state index contributed by atoms with van der Waals surface area (Å²) in [6.07, 6.45) is 0. The van der Waals surface area contributed by atoms with Crippen molar-refractivity contribution >= 4 is 37.5 Å². The van der Waals surface area contributed by atoms with Crippen LogP contribution in [0.1, 0.15) is 26.3 Å². The van der Waals surface area contributed by atoms with Gasteiger partial charge >= 0.3 is 0 Å². The molecule has 0 saturated carbocycles. The Morgan fingerprint density at radius 3 is 2.33 bits per heavy atom. The van der Waals surface area contributed by atoms with Crippen LogP contribution in [0.15, 0.2) is 48.5 Å². The van der Waals surface area contributed by atoms with E-state index in [2.05, 4.69) is 37.9 Å². The van der Waals surface area contributed by atoms with Gasteiger partial charge in [-0.3, -0.25) is 0 Å². The highest BCUT2D eigenvalue weighted by Crippen LogP contribution is 2.43. The molecule has 1 unspecified atom stereocenters. The van der Waals surface area contributed by atoms with Crippen LogP contribution >= 0.6 is 31.9 Å². The summed E-state index contributed by atoms with van der Waals surface area (Å²) in [5, 5.41) is 28.2. The second-order valence-electron chi connectivity index (χ2n) is 4.43. The van der Waals surface area contributed by atoms with Gasteiger partial charge in [0.1, 0.15) is 0 Å². The molecule has 2 rings (SSSR count). The van der Waals surface area contributed by atoms with Gasteiger partial charge in [0.05, 0.1) is 21.3 Å². The number of benzene rings is 2. The summed E-state index contributed by atoms with van der Waals surface area (Å²) < 4.78 is 0. The number of hydrogen-bond acceptors (Lipinski definition) is 3. The topological polar surface area (TPSA) is 71.5 Å². The minimum absolute atomic E-state index is 0.0264. The van der Waals surface area contributed by atoms with E-state index in [1.807, 2.05) is 30.3 Å². The Balaban J connectivity index is 2.35. The molecule has 21 heavy (non-hydrogen) atoms. The van der Waals surface area contributed by atoms with Crippen LogP contribution in [0.4, 0.5) is 5.69 Å². The van der Waals surface area contributed by atoms with Crippen LogP contribution in [0.25, 0.3) is 0 Å². The molecule has 2 aromatic rings. The van der Waals surface area contributed by atoms with Crippen LogP contribution < -0.4 is 5.23 Å². The summed E-state index contributed by atoms with van der Waals surface area (Å²) >= 11 is 7.22. The fourth-order valence-corrected chi connectivity index (χ4v) is 3.28. The molecule has 6 heteroatoms. The predicted octanol–water partition coefficient (Wildman–Crippen LogP) is 3.53. The van der Waals surface area contributed by atoms with Crippen molar-refractivity contribution < 1.29 is 10.4 Å². The molecule has 0 heterocycles. The van der Waals surface area contributed by atoms with Crippen molar-refractivity contribution in [3.05, 3.63) is 70.4 Å².